The summed E-state index contributed by atoms with van der Waals surface area (Å²) in [7, 11) is 0. The number of aryl methyl sites for hydroxylation is 1. The second kappa shape index (κ2) is 4.79. The molecule has 0 aliphatic rings. The van der Waals surface area contributed by atoms with E-state index < -0.39 is 5.82 Å². The maximum absolute atomic E-state index is 13.2. The van der Waals surface area contributed by atoms with Gasteiger partial charge in [-0.05, 0) is 17.7 Å². The first-order valence-electron chi connectivity index (χ1n) is 5.43. The first kappa shape index (κ1) is 11.3. The number of nitrogens with zero attached hydrogens (tertiary/aromatic N) is 3. The summed E-state index contributed by atoms with van der Waals surface area (Å²) in [6.45, 7) is 2.64. The van der Waals surface area contributed by atoms with Crippen LogP contribution in [0.1, 0.15) is 23.9 Å². The van der Waals surface area contributed by atoms with Gasteiger partial charge in [-0.2, -0.15) is 5.26 Å². The third-order valence-corrected chi connectivity index (χ3v) is 2.62. The number of nitriles is 1. The normalized spacial score (nSPS) is 10.2. The van der Waals surface area contributed by atoms with Crippen molar-refractivity contribution in [2.75, 3.05) is 0 Å². The molecule has 1 aromatic heterocycles. The molecule has 1 heterocycles. The van der Waals surface area contributed by atoms with Crippen LogP contribution in [-0.2, 0) is 13.0 Å². The van der Waals surface area contributed by atoms with E-state index in [9.17, 15) is 4.39 Å². The summed E-state index contributed by atoms with van der Waals surface area (Å²) in [5.41, 5.74) is 0.983. The van der Waals surface area contributed by atoms with Crippen LogP contribution < -0.4 is 0 Å². The molecule has 2 rings (SSSR count). The highest BCUT2D eigenvalue weighted by Gasteiger charge is 2.05. The minimum absolute atomic E-state index is 0.0839. The van der Waals surface area contributed by atoms with Crippen LogP contribution in [-0.4, -0.2) is 9.55 Å². The molecule has 2 aromatic rings. The van der Waals surface area contributed by atoms with E-state index in [-0.39, 0.29) is 5.56 Å². The van der Waals surface area contributed by atoms with E-state index >= 15 is 0 Å². The van der Waals surface area contributed by atoms with Gasteiger partial charge >= 0.3 is 0 Å². The van der Waals surface area contributed by atoms with Crippen LogP contribution in [0.5, 0.6) is 0 Å². The molecule has 0 bridgehead atoms. The summed E-state index contributed by atoms with van der Waals surface area (Å²) < 4.78 is 15.1. The van der Waals surface area contributed by atoms with Gasteiger partial charge in [0.2, 0.25) is 0 Å². The molecule has 0 aliphatic heterocycles. The lowest BCUT2D eigenvalue weighted by Crippen LogP contribution is -2.03. The van der Waals surface area contributed by atoms with Crippen LogP contribution in [0.3, 0.4) is 0 Å². The quantitative estimate of drug-likeness (QED) is 0.811. The lowest BCUT2D eigenvalue weighted by molar-refractivity contribution is 0.622. The van der Waals surface area contributed by atoms with Crippen molar-refractivity contribution in [3.8, 4) is 6.07 Å². The smallest absolute Gasteiger partial charge is 0.140 e. The zero-order valence-electron chi connectivity index (χ0n) is 9.52. The van der Waals surface area contributed by atoms with Crippen molar-refractivity contribution >= 4 is 0 Å². The predicted octanol–water partition coefficient (Wildman–Crippen LogP) is 2.50. The van der Waals surface area contributed by atoms with E-state index in [1.807, 2.05) is 23.8 Å². The molecule has 0 unspecified atom stereocenters. The number of halogens is 1. The fourth-order valence-corrected chi connectivity index (χ4v) is 1.75. The van der Waals surface area contributed by atoms with E-state index in [0.29, 0.717) is 6.54 Å². The Kier molecular flexibility index (Phi) is 3.20. The minimum Gasteiger partial charge on any atom is -0.331 e. The van der Waals surface area contributed by atoms with Crippen LogP contribution in [0.2, 0.25) is 0 Å². The van der Waals surface area contributed by atoms with Gasteiger partial charge in [-0.1, -0.05) is 13.0 Å². The van der Waals surface area contributed by atoms with Gasteiger partial charge < -0.3 is 4.57 Å². The fraction of sp³-hybridized carbons (Fsp3) is 0.231. The average molecular weight is 229 g/mol. The summed E-state index contributed by atoms with van der Waals surface area (Å²) in [4.78, 5) is 4.21. The van der Waals surface area contributed by atoms with Gasteiger partial charge in [0, 0.05) is 25.4 Å². The molecule has 0 saturated carbocycles. The summed E-state index contributed by atoms with van der Waals surface area (Å²) in [6, 6.07) is 6.44. The van der Waals surface area contributed by atoms with Crippen molar-refractivity contribution in [3.63, 3.8) is 0 Å². The van der Waals surface area contributed by atoms with Crippen LogP contribution in [0.25, 0.3) is 0 Å². The molecule has 86 valence electrons. The molecular weight excluding hydrogens is 217 g/mol. The Morgan fingerprint density at radius 1 is 1.47 bits per heavy atom. The van der Waals surface area contributed by atoms with Gasteiger partial charge in [0.05, 0.1) is 5.56 Å². The van der Waals surface area contributed by atoms with Crippen molar-refractivity contribution in [2.45, 2.75) is 19.9 Å². The molecule has 0 fully saturated rings. The molecule has 17 heavy (non-hydrogen) atoms. The Hall–Kier alpha value is -2.15. The predicted molar refractivity (Wildman–Crippen MR) is 61.8 cm³/mol. The van der Waals surface area contributed by atoms with E-state index in [2.05, 4.69) is 4.98 Å². The molecule has 0 amide bonds. The second-order valence-corrected chi connectivity index (χ2v) is 3.75. The molecule has 0 atom stereocenters. The van der Waals surface area contributed by atoms with Crippen LogP contribution in [0.15, 0.2) is 30.6 Å². The third kappa shape index (κ3) is 2.34. The maximum atomic E-state index is 13.2. The highest BCUT2D eigenvalue weighted by molar-refractivity contribution is 5.34. The SMILES string of the molecule is CCc1nccn1Cc1ccc(F)c(C#N)c1. The van der Waals surface area contributed by atoms with Gasteiger partial charge in [0.25, 0.3) is 0 Å². The summed E-state index contributed by atoms with van der Waals surface area (Å²) in [6.07, 6.45) is 4.47. The Morgan fingerprint density at radius 3 is 3.00 bits per heavy atom. The van der Waals surface area contributed by atoms with Crippen molar-refractivity contribution in [3.05, 3.63) is 53.4 Å². The monoisotopic (exact) mass is 229 g/mol. The summed E-state index contributed by atoms with van der Waals surface area (Å²) in [5.74, 6) is 0.505. The largest absolute Gasteiger partial charge is 0.331 e. The van der Waals surface area contributed by atoms with E-state index in [1.165, 1.54) is 6.07 Å². The third-order valence-electron chi connectivity index (χ3n) is 2.62. The molecule has 3 nitrogen and oxygen atoms in total. The maximum Gasteiger partial charge on any atom is 0.140 e. The molecule has 4 heteroatoms. The standard InChI is InChI=1S/C13H12FN3/c1-2-13-16-5-6-17(13)9-10-3-4-12(14)11(7-10)8-15/h3-7H,2,9H2,1H3. The number of benzene rings is 1. The number of imidazole rings is 1. The summed E-state index contributed by atoms with van der Waals surface area (Å²) in [5, 5.41) is 8.76. The van der Waals surface area contributed by atoms with Gasteiger partial charge in [-0.3, -0.25) is 0 Å². The van der Waals surface area contributed by atoms with Crippen molar-refractivity contribution < 1.29 is 4.39 Å². The van der Waals surface area contributed by atoms with Crippen LogP contribution in [0, 0.1) is 17.1 Å². The first-order chi connectivity index (χ1) is 8.24. The number of aromatic nitrogens is 2. The molecule has 0 radical (unpaired) electrons. The molecule has 1 aromatic carbocycles. The zero-order chi connectivity index (χ0) is 12.3. The fourth-order valence-electron chi connectivity index (χ4n) is 1.75. The molecule has 0 saturated heterocycles. The number of hydrogen-bond acceptors (Lipinski definition) is 2. The van der Waals surface area contributed by atoms with Crippen LogP contribution >= 0.6 is 0 Å². The minimum atomic E-state index is -0.474. The van der Waals surface area contributed by atoms with Gasteiger partial charge in [0.15, 0.2) is 0 Å². The topological polar surface area (TPSA) is 41.6 Å². The first-order valence-corrected chi connectivity index (χ1v) is 5.43. The average Bonchev–Trinajstić information content (AvgIpc) is 2.79. The zero-order valence-corrected chi connectivity index (χ0v) is 9.52. The van der Waals surface area contributed by atoms with Gasteiger partial charge in [-0.15, -0.1) is 0 Å². The Balaban J connectivity index is 2.28. The van der Waals surface area contributed by atoms with E-state index in [0.717, 1.165) is 17.8 Å². The van der Waals surface area contributed by atoms with Crippen LogP contribution in [0.4, 0.5) is 4.39 Å². The Labute approximate surface area is 99.1 Å². The molecular formula is C13H12FN3. The highest BCUT2D eigenvalue weighted by atomic mass is 19.1. The molecule has 0 spiro atoms. The highest BCUT2D eigenvalue weighted by Crippen LogP contribution is 2.12. The summed E-state index contributed by atoms with van der Waals surface area (Å²) >= 11 is 0. The lowest BCUT2D eigenvalue weighted by atomic mass is 10.1. The van der Waals surface area contributed by atoms with Gasteiger partial charge in [-0.25, -0.2) is 9.37 Å². The second-order valence-electron chi connectivity index (χ2n) is 3.75. The Bertz CT molecular complexity index is 566. The number of rotatable bonds is 3. The lowest BCUT2D eigenvalue weighted by Gasteiger charge is -2.07. The van der Waals surface area contributed by atoms with E-state index in [1.54, 1.807) is 18.3 Å². The van der Waals surface area contributed by atoms with Crippen molar-refractivity contribution in [1.82, 2.24) is 9.55 Å². The van der Waals surface area contributed by atoms with Crippen molar-refractivity contribution in [1.29, 1.82) is 5.26 Å². The number of hydrogen-bond donors (Lipinski definition) is 0. The van der Waals surface area contributed by atoms with E-state index in [4.69, 9.17) is 5.26 Å². The Morgan fingerprint density at radius 2 is 2.29 bits per heavy atom. The van der Waals surface area contributed by atoms with Gasteiger partial charge in [0.1, 0.15) is 17.7 Å². The van der Waals surface area contributed by atoms with Crippen molar-refractivity contribution in [2.24, 2.45) is 0 Å². The molecule has 0 N–H and O–H groups in total. The molecule has 0 aliphatic carbocycles.